The number of fused-ring (bicyclic) bond motifs is 2. The molecule has 1 saturated carbocycles. The van der Waals surface area contributed by atoms with Gasteiger partial charge in [-0.2, -0.15) is 0 Å². The van der Waals surface area contributed by atoms with Crippen LogP contribution in [0.4, 0.5) is 0 Å². The fourth-order valence-corrected chi connectivity index (χ4v) is 5.44. The van der Waals surface area contributed by atoms with Crippen LogP contribution in [-0.4, -0.2) is 74.5 Å². The number of ether oxygens (including phenoxy) is 2. The van der Waals surface area contributed by atoms with Crippen molar-refractivity contribution in [3.63, 3.8) is 0 Å². The van der Waals surface area contributed by atoms with Crippen LogP contribution in [-0.2, 0) is 0 Å². The third-order valence-electron chi connectivity index (χ3n) is 7.31. The van der Waals surface area contributed by atoms with Gasteiger partial charge in [0, 0.05) is 43.2 Å². The lowest BCUT2D eigenvalue weighted by Crippen LogP contribution is -2.49. The molecule has 1 saturated heterocycles. The van der Waals surface area contributed by atoms with Gasteiger partial charge in [0.25, 0.3) is 5.56 Å². The molecule has 33 heavy (non-hydrogen) atoms. The Labute approximate surface area is 191 Å². The first-order chi connectivity index (χ1) is 16.2. The van der Waals surface area contributed by atoms with Crippen molar-refractivity contribution in [3.05, 3.63) is 39.9 Å². The summed E-state index contributed by atoms with van der Waals surface area (Å²) in [5, 5.41) is 13.8. The minimum absolute atomic E-state index is 0.120. The smallest absolute Gasteiger partial charge is 0.253 e. The molecule has 6 rings (SSSR count). The summed E-state index contributed by atoms with van der Waals surface area (Å²) in [6.07, 6.45) is 4.53. The van der Waals surface area contributed by atoms with E-state index in [4.69, 9.17) is 9.47 Å². The summed E-state index contributed by atoms with van der Waals surface area (Å²) in [5.41, 5.74) is 1.28. The van der Waals surface area contributed by atoms with Gasteiger partial charge < -0.3 is 19.4 Å². The first-order valence-electron chi connectivity index (χ1n) is 11.9. The van der Waals surface area contributed by atoms with E-state index in [1.54, 1.807) is 0 Å². The van der Waals surface area contributed by atoms with Crippen LogP contribution in [0.3, 0.4) is 0 Å². The van der Waals surface area contributed by atoms with Gasteiger partial charge in [0.05, 0.1) is 11.6 Å². The van der Waals surface area contributed by atoms with Crippen molar-refractivity contribution in [2.24, 2.45) is 0 Å². The van der Waals surface area contributed by atoms with E-state index in [9.17, 15) is 4.79 Å². The lowest BCUT2D eigenvalue weighted by atomic mass is 10.0. The molecule has 1 aromatic carbocycles. The van der Waals surface area contributed by atoms with Gasteiger partial charge in [-0.3, -0.25) is 9.69 Å². The Hall–Kier alpha value is -2.98. The number of piperazine rings is 1. The Kier molecular flexibility index (Phi) is 5.26. The molecule has 0 amide bonds. The summed E-state index contributed by atoms with van der Waals surface area (Å²) in [4.78, 5) is 21.3. The first kappa shape index (κ1) is 20.6. The van der Waals surface area contributed by atoms with Crippen LogP contribution in [0.25, 0.3) is 10.9 Å². The number of hydrogen-bond acceptors (Lipinski definition) is 8. The maximum absolute atomic E-state index is 13.4. The molecule has 10 nitrogen and oxygen atoms in total. The zero-order chi connectivity index (χ0) is 22.4. The average Bonchev–Trinajstić information content (AvgIpc) is 3.60. The summed E-state index contributed by atoms with van der Waals surface area (Å²) in [6.45, 7) is 7.05. The fourth-order valence-electron chi connectivity index (χ4n) is 5.44. The largest absolute Gasteiger partial charge is 0.454 e. The molecule has 10 heteroatoms. The second kappa shape index (κ2) is 8.42. The van der Waals surface area contributed by atoms with Crippen LogP contribution in [0.2, 0.25) is 0 Å². The Bertz CT molecular complexity index is 1210. The number of likely N-dealkylation sites (N-methyl/N-ethyl adjacent to an activating group) is 1. The number of hydrogen-bond donors (Lipinski definition) is 1. The van der Waals surface area contributed by atoms with Gasteiger partial charge in [-0.25, -0.2) is 4.68 Å². The monoisotopic (exact) mass is 451 g/mol. The van der Waals surface area contributed by atoms with Gasteiger partial charge >= 0.3 is 0 Å². The molecule has 0 spiro atoms. The second-order valence-corrected chi connectivity index (χ2v) is 9.14. The number of aromatic nitrogens is 5. The molecular weight excluding hydrogens is 422 g/mol. The fraction of sp³-hybridized carbons (Fsp3) is 0.565. The predicted molar refractivity (Wildman–Crippen MR) is 122 cm³/mol. The molecule has 1 atom stereocenters. The summed E-state index contributed by atoms with van der Waals surface area (Å²) < 4.78 is 13.0. The lowest BCUT2D eigenvalue weighted by molar-refractivity contribution is 0.107. The Morgan fingerprint density at radius 2 is 1.85 bits per heavy atom. The van der Waals surface area contributed by atoms with Crippen molar-refractivity contribution in [3.8, 4) is 11.5 Å². The van der Waals surface area contributed by atoms with E-state index < -0.39 is 0 Å². The SMILES string of the molecule is CCN1CCN([C@H](c2cc3cc4c(cc3[nH]c2=O)OCO4)c2nnnn2C2CCCC2)CC1. The predicted octanol–water partition coefficient (Wildman–Crippen LogP) is 2.09. The molecular formula is C23H29N7O3. The van der Waals surface area contributed by atoms with E-state index in [1.807, 2.05) is 22.9 Å². The van der Waals surface area contributed by atoms with Crippen LogP contribution in [0, 0.1) is 0 Å². The Morgan fingerprint density at radius 3 is 2.61 bits per heavy atom. The van der Waals surface area contributed by atoms with E-state index in [-0.39, 0.29) is 18.4 Å². The molecule has 0 bridgehead atoms. The van der Waals surface area contributed by atoms with E-state index in [0.717, 1.165) is 62.3 Å². The molecule has 4 heterocycles. The van der Waals surface area contributed by atoms with Gasteiger partial charge in [0.2, 0.25) is 6.79 Å². The van der Waals surface area contributed by atoms with Crippen molar-refractivity contribution in [2.45, 2.75) is 44.7 Å². The summed E-state index contributed by atoms with van der Waals surface area (Å²) in [5.74, 6) is 2.12. The molecule has 0 radical (unpaired) electrons. The molecule has 2 aromatic heterocycles. The highest BCUT2D eigenvalue weighted by atomic mass is 16.7. The van der Waals surface area contributed by atoms with Crippen molar-refractivity contribution >= 4 is 10.9 Å². The topological polar surface area (TPSA) is 101 Å². The Balaban J connectivity index is 1.46. The van der Waals surface area contributed by atoms with Crippen LogP contribution >= 0.6 is 0 Å². The zero-order valence-corrected chi connectivity index (χ0v) is 18.9. The standard InChI is InChI=1S/C23H29N7O3/c1-2-28-7-9-29(10-8-28)21(22-25-26-27-30(22)16-5-3-4-6-16)17-11-15-12-19-20(33-14-32-19)13-18(15)24-23(17)31/h11-13,16,21H,2-10,14H2,1H3,(H,24,31)/t21-/m1/s1. The second-order valence-electron chi connectivity index (χ2n) is 9.14. The van der Waals surface area contributed by atoms with E-state index in [0.29, 0.717) is 23.1 Å². The average molecular weight is 452 g/mol. The summed E-state index contributed by atoms with van der Waals surface area (Å²) in [7, 11) is 0. The number of tetrazole rings is 1. The van der Waals surface area contributed by atoms with Crippen molar-refractivity contribution in [1.82, 2.24) is 35.0 Å². The third-order valence-corrected chi connectivity index (χ3v) is 7.31. The van der Waals surface area contributed by atoms with Gasteiger partial charge in [0.15, 0.2) is 17.3 Å². The quantitative estimate of drug-likeness (QED) is 0.629. The van der Waals surface area contributed by atoms with Crippen LogP contribution in [0.1, 0.15) is 56.1 Å². The molecule has 1 aliphatic carbocycles. The van der Waals surface area contributed by atoms with Gasteiger partial charge in [-0.05, 0) is 41.9 Å². The molecule has 2 fully saturated rings. The minimum atomic E-state index is -0.307. The molecule has 174 valence electrons. The number of rotatable bonds is 5. The number of nitrogens with zero attached hydrogens (tertiary/aromatic N) is 6. The number of nitrogens with one attached hydrogen (secondary N) is 1. The van der Waals surface area contributed by atoms with Crippen molar-refractivity contribution in [2.75, 3.05) is 39.5 Å². The highest BCUT2D eigenvalue weighted by Crippen LogP contribution is 2.37. The van der Waals surface area contributed by atoms with E-state index in [1.165, 1.54) is 12.8 Å². The molecule has 2 aliphatic heterocycles. The van der Waals surface area contributed by atoms with Crippen molar-refractivity contribution in [1.29, 1.82) is 0 Å². The summed E-state index contributed by atoms with van der Waals surface area (Å²) >= 11 is 0. The van der Waals surface area contributed by atoms with Crippen LogP contribution in [0.15, 0.2) is 23.0 Å². The van der Waals surface area contributed by atoms with E-state index >= 15 is 0 Å². The molecule has 3 aliphatic rings. The molecule has 0 unspecified atom stereocenters. The highest BCUT2D eigenvalue weighted by molar-refractivity contribution is 5.83. The van der Waals surface area contributed by atoms with Crippen molar-refractivity contribution < 1.29 is 9.47 Å². The summed E-state index contributed by atoms with van der Waals surface area (Å²) in [6, 6.07) is 5.73. The normalized spacial score (nSPS) is 20.6. The maximum Gasteiger partial charge on any atom is 0.253 e. The number of aromatic amines is 1. The number of pyridine rings is 1. The zero-order valence-electron chi connectivity index (χ0n) is 18.9. The number of H-pyrrole nitrogens is 1. The maximum atomic E-state index is 13.4. The van der Waals surface area contributed by atoms with Gasteiger partial charge in [-0.1, -0.05) is 19.8 Å². The van der Waals surface area contributed by atoms with Crippen LogP contribution < -0.4 is 15.0 Å². The molecule has 1 N–H and O–H groups in total. The van der Waals surface area contributed by atoms with E-state index in [2.05, 4.69) is 37.2 Å². The van der Waals surface area contributed by atoms with Gasteiger partial charge in [-0.15, -0.1) is 5.10 Å². The highest BCUT2D eigenvalue weighted by Gasteiger charge is 2.34. The first-order valence-corrected chi connectivity index (χ1v) is 11.9. The minimum Gasteiger partial charge on any atom is -0.454 e. The Morgan fingerprint density at radius 1 is 1.09 bits per heavy atom. The van der Waals surface area contributed by atoms with Crippen LogP contribution in [0.5, 0.6) is 11.5 Å². The molecule has 3 aromatic rings. The van der Waals surface area contributed by atoms with Gasteiger partial charge in [0.1, 0.15) is 6.04 Å². The number of benzene rings is 1. The third kappa shape index (κ3) is 3.67. The lowest BCUT2D eigenvalue weighted by Gasteiger charge is -2.38.